The quantitative estimate of drug-likeness (QED) is 0.0184. The number of imidazole rings is 4. The topological polar surface area (TPSA) is 213 Å². The Bertz CT molecular complexity index is 2140. The number of rotatable bonds is 22. The van der Waals surface area contributed by atoms with Crippen LogP contribution in [0.15, 0.2) is 142 Å². The summed E-state index contributed by atoms with van der Waals surface area (Å²) < 4.78 is 127. The summed E-state index contributed by atoms with van der Waals surface area (Å²) in [5, 5.41) is 42.8. The predicted octanol–water partition coefficient (Wildman–Crippen LogP) is 14.4. The predicted molar refractivity (Wildman–Crippen MR) is 303 cm³/mol. The summed E-state index contributed by atoms with van der Waals surface area (Å²) in [5.74, 6) is -0.0339. The van der Waals surface area contributed by atoms with Crippen LogP contribution in [0.4, 0.5) is 50.4 Å². The summed E-state index contributed by atoms with van der Waals surface area (Å²) in [5.41, 5.74) is 2.82. The molecule has 0 aliphatic carbocycles. The van der Waals surface area contributed by atoms with Crippen LogP contribution in [0.3, 0.4) is 0 Å². The molecule has 0 aliphatic rings. The molecule has 0 saturated heterocycles. The van der Waals surface area contributed by atoms with Crippen LogP contribution in [0.5, 0.6) is 0 Å². The van der Waals surface area contributed by atoms with Gasteiger partial charge in [0.2, 0.25) is 0 Å². The van der Waals surface area contributed by atoms with Crippen molar-refractivity contribution in [1.82, 2.24) is 38.2 Å². The van der Waals surface area contributed by atoms with Gasteiger partial charge in [0.1, 0.15) is 0 Å². The molecule has 0 atom stereocenters. The number of unbranched alkanes of at least 4 members (excludes halogenated alkanes) is 4. The van der Waals surface area contributed by atoms with E-state index < -0.39 is 15.6 Å². The van der Waals surface area contributed by atoms with Gasteiger partial charge in [0, 0.05) is 98.6 Å². The van der Waals surface area contributed by atoms with Crippen LogP contribution in [0.25, 0.3) is 0 Å². The average molecular weight is 1340 g/mol. The van der Waals surface area contributed by atoms with Crippen LogP contribution in [0.2, 0.25) is 0 Å². The molecule has 0 fully saturated rings. The molecule has 0 saturated carbocycles. The van der Waals surface area contributed by atoms with Gasteiger partial charge in [-0.1, -0.05) is 105 Å². The first-order valence-electron chi connectivity index (χ1n) is 25.9. The minimum Gasteiger partial charge on any atom is 3.00 e. The molecular formula is C52H84F12Fe2N12O4P2. The Kier molecular flexibility index (Phi) is 48.3. The van der Waals surface area contributed by atoms with Crippen molar-refractivity contribution in [3.8, 4) is 0 Å². The van der Waals surface area contributed by atoms with Crippen LogP contribution >= 0.6 is 15.6 Å². The van der Waals surface area contributed by atoms with E-state index in [4.69, 9.17) is 0 Å². The van der Waals surface area contributed by atoms with Crippen LogP contribution < -0.4 is 20.4 Å². The summed E-state index contributed by atoms with van der Waals surface area (Å²) in [6, 6.07) is 0. The monoisotopic (exact) mass is 1340 g/mol. The van der Waals surface area contributed by atoms with E-state index in [0.29, 0.717) is 49.0 Å². The van der Waals surface area contributed by atoms with Gasteiger partial charge in [0.25, 0.3) is 0 Å². The van der Waals surface area contributed by atoms with E-state index in [2.05, 4.69) is 85.9 Å². The van der Waals surface area contributed by atoms with Crippen LogP contribution in [-0.2, 0) is 60.3 Å². The smallest absolute Gasteiger partial charge is 3.00 e. The fourth-order valence-corrected chi connectivity index (χ4v) is 5.30. The SMILES string of the molecule is CC(/C=C(/C)[O-])=NCCN=C(C)/C=C(/C)[O-].CC(/C=C(/C)[O-])=NCCN=C(C)/C=C(/C)[O-].CCCCn1ccnc1.CCCCn1ccnc1.CCCCn1ccnc1.CCCCn1ccnc1.F[P-](F)(F)(F)(F)F.F[P-](F)(F)(F)(F)F.[Fe+3].[Fe+3]. The molecule has 2 radical (unpaired) electrons. The van der Waals surface area contributed by atoms with Gasteiger partial charge in [-0.15, -0.1) is 23.0 Å². The van der Waals surface area contributed by atoms with Crippen molar-refractivity contribution in [2.24, 2.45) is 20.0 Å². The van der Waals surface area contributed by atoms with Crippen molar-refractivity contribution in [3.63, 3.8) is 0 Å². The zero-order valence-electron chi connectivity index (χ0n) is 49.7. The van der Waals surface area contributed by atoms with E-state index in [1.165, 1.54) is 103 Å². The van der Waals surface area contributed by atoms with Gasteiger partial charge in [-0.25, -0.2) is 19.9 Å². The van der Waals surface area contributed by atoms with Gasteiger partial charge < -0.3 is 38.7 Å². The Balaban J connectivity index is -0.000000210. The van der Waals surface area contributed by atoms with E-state index in [1.54, 1.807) is 27.7 Å². The maximum absolute atomic E-state index is 10.7. The Morgan fingerprint density at radius 2 is 0.512 bits per heavy atom. The molecule has 0 amide bonds. The van der Waals surface area contributed by atoms with E-state index in [1.807, 2.05) is 74.9 Å². The molecule has 4 rings (SSSR count). The molecule has 4 aromatic rings. The molecule has 0 bridgehead atoms. The third kappa shape index (κ3) is 93.2. The Labute approximate surface area is 508 Å². The first-order valence-corrected chi connectivity index (χ1v) is 29.9. The van der Waals surface area contributed by atoms with Crippen LogP contribution in [-0.4, -0.2) is 87.2 Å². The van der Waals surface area contributed by atoms with E-state index in [0.717, 1.165) is 26.2 Å². The van der Waals surface area contributed by atoms with Crippen molar-refractivity contribution < 1.29 is 105 Å². The molecule has 84 heavy (non-hydrogen) atoms. The molecule has 16 nitrogen and oxygen atoms in total. The first-order chi connectivity index (χ1) is 37.5. The second kappa shape index (κ2) is 45.1. The van der Waals surface area contributed by atoms with Gasteiger partial charge in [-0.05, 0) is 53.4 Å². The van der Waals surface area contributed by atoms with Crippen molar-refractivity contribution in [1.29, 1.82) is 0 Å². The zero-order valence-corrected chi connectivity index (χ0v) is 53.7. The average Bonchev–Trinajstić information content (AvgIpc) is 4.18. The first kappa shape index (κ1) is 89.9. The number of hydrogen-bond acceptors (Lipinski definition) is 12. The Morgan fingerprint density at radius 1 is 0.357 bits per heavy atom. The van der Waals surface area contributed by atoms with E-state index >= 15 is 0 Å². The number of aliphatic imine (C=N–C) groups is 4. The second-order valence-electron chi connectivity index (χ2n) is 17.6. The Hall–Kier alpha value is -5.26. The summed E-state index contributed by atoms with van der Waals surface area (Å²) in [7, 11) is -21.3. The van der Waals surface area contributed by atoms with Gasteiger partial charge in [0.05, 0.1) is 51.5 Å². The maximum atomic E-state index is 10.7. The van der Waals surface area contributed by atoms with Gasteiger partial charge in [0.15, 0.2) is 0 Å². The van der Waals surface area contributed by atoms with Crippen molar-refractivity contribution in [3.05, 3.63) is 122 Å². The largest absolute Gasteiger partial charge is 3.00 e. The molecular weight excluding hydrogens is 1260 g/mol. The van der Waals surface area contributed by atoms with E-state index in [9.17, 15) is 70.8 Å². The summed E-state index contributed by atoms with van der Waals surface area (Å²) in [4.78, 5) is 32.4. The molecule has 4 aromatic heterocycles. The number of hydrogen-bond donors (Lipinski definition) is 0. The maximum Gasteiger partial charge on any atom is 3.00 e. The molecule has 0 N–H and O–H groups in total. The molecule has 32 heteroatoms. The third-order valence-electron chi connectivity index (χ3n) is 8.61. The molecule has 4 heterocycles. The number of nitrogens with zero attached hydrogens (tertiary/aromatic N) is 12. The fourth-order valence-electron chi connectivity index (χ4n) is 5.30. The standard InChI is InChI=1S/2C12H20N2O2.4C7H12N2.2F6P.2Fe/c2*1-9(7-11(3)15)13-5-6-14-10(2)8-12(4)16;4*1-2-3-5-9-6-4-8-7-9;2*1-7(2,3,4,5)6;;/h2*7-8,15-16H,5-6H2,1-4H3;4*4,6-7H,2-3,5H2,1H3;;;;/q;;;;;;2*-1;2*+3/p-4/b2*11-7-,12-8-,13-9?,14-10?;;;;;;;;. The van der Waals surface area contributed by atoms with Crippen molar-refractivity contribution >= 4 is 38.5 Å². The van der Waals surface area contributed by atoms with Crippen molar-refractivity contribution in [2.75, 3.05) is 26.2 Å². The minimum absolute atomic E-state index is 0. The molecule has 486 valence electrons. The molecule has 0 aliphatic heterocycles. The molecule has 0 spiro atoms. The fraction of sp³-hybridized carbons (Fsp3) is 0.538. The third-order valence-corrected chi connectivity index (χ3v) is 8.61. The summed E-state index contributed by atoms with van der Waals surface area (Å²) in [6.07, 6.45) is 38.6. The summed E-state index contributed by atoms with van der Waals surface area (Å²) in [6.45, 7) is 28.4. The zero-order chi connectivity index (χ0) is 64.0. The number of allylic oxidation sites excluding steroid dienone is 8. The summed E-state index contributed by atoms with van der Waals surface area (Å²) >= 11 is 0. The van der Waals surface area contributed by atoms with Gasteiger partial charge >= 0.3 is 100 Å². The number of aryl methyl sites for hydroxylation is 4. The van der Waals surface area contributed by atoms with Crippen LogP contribution in [0.1, 0.15) is 134 Å². The minimum atomic E-state index is -10.7. The van der Waals surface area contributed by atoms with Gasteiger partial charge in [-0.2, -0.15) is 0 Å². The molecule has 0 unspecified atom stereocenters. The van der Waals surface area contributed by atoms with Crippen LogP contribution in [0, 0.1) is 0 Å². The number of halogens is 12. The second-order valence-corrected chi connectivity index (χ2v) is 21.5. The Morgan fingerprint density at radius 3 is 0.619 bits per heavy atom. The van der Waals surface area contributed by atoms with Gasteiger partial charge in [-0.3, -0.25) is 20.0 Å². The van der Waals surface area contributed by atoms with E-state index in [-0.39, 0.29) is 57.2 Å². The normalized spacial score (nSPS) is 14.0. The van der Waals surface area contributed by atoms with Crippen molar-refractivity contribution in [2.45, 2.75) is 161 Å². The number of aromatic nitrogens is 8. The molecule has 0 aromatic carbocycles.